The smallest absolute Gasteiger partial charge is 0.324 e. The van der Waals surface area contributed by atoms with E-state index >= 15 is 0 Å². The Labute approximate surface area is 78.2 Å². The molecule has 0 spiro atoms. The molecule has 0 amide bonds. The molecule has 4 nitrogen and oxygen atoms in total. The van der Waals surface area contributed by atoms with Crippen LogP contribution in [0.4, 0.5) is 0 Å². The number of rotatable bonds is 2. The van der Waals surface area contributed by atoms with Gasteiger partial charge in [-0.25, -0.2) is 0 Å². The first-order valence-corrected chi connectivity index (χ1v) is 3.86. The van der Waals surface area contributed by atoms with Gasteiger partial charge in [0.15, 0.2) is 0 Å². The van der Waals surface area contributed by atoms with E-state index in [9.17, 15) is 4.79 Å². The van der Waals surface area contributed by atoms with Crippen molar-refractivity contribution in [3.8, 4) is 0 Å². The van der Waals surface area contributed by atoms with Crippen LogP contribution >= 0.6 is 12.4 Å². The van der Waals surface area contributed by atoms with E-state index < -0.39 is 0 Å². The van der Waals surface area contributed by atoms with E-state index in [0.29, 0.717) is 32.7 Å². The topological polar surface area (TPSA) is 38.8 Å². The molecule has 0 aromatic carbocycles. The Morgan fingerprint density at radius 2 is 2.08 bits per heavy atom. The molecule has 0 radical (unpaired) electrons. The van der Waals surface area contributed by atoms with Gasteiger partial charge in [-0.2, -0.15) is 0 Å². The standard InChI is InChI=1S/C7H13NO3.ClH/c1-2-7(9)11-8-3-5-10-6-4-8;/h2-6H2,1H3;1H. The maximum atomic E-state index is 10.8. The predicted octanol–water partition coefficient (Wildman–Crippen LogP) is 0.609. The van der Waals surface area contributed by atoms with Crippen molar-refractivity contribution in [2.24, 2.45) is 0 Å². The molecule has 1 saturated heterocycles. The second-order valence-corrected chi connectivity index (χ2v) is 2.36. The first-order valence-electron chi connectivity index (χ1n) is 3.86. The minimum atomic E-state index is -0.174. The molecule has 1 aliphatic rings. The number of halogens is 1. The van der Waals surface area contributed by atoms with Gasteiger partial charge in [-0.3, -0.25) is 4.79 Å². The van der Waals surface area contributed by atoms with Crippen LogP contribution in [0.15, 0.2) is 0 Å². The summed E-state index contributed by atoms with van der Waals surface area (Å²) >= 11 is 0. The minimum absolute atomic E-state index is 0. The van der Waals surface area contributed by atoms with Crippen molar-refractivity contribution in [2.75, 3.05) is 26.3 Å². The van der Waals surface area contributed by atoms with Gasteiger partial charge in [0.1, 0.15) is 0 Å². The van der Waals surface area contributed by atoms with Gasteiger partial charge in [0.25, 0.3) is 0 Å². The van der Waals surface area contributed by atoms with Crippen LogP contribution in [-0.4, -0.2) is 37.3 Å². The zero-order chi connectivity index (χ0) is 8.10. The maximum absolute atomic E-state index is 10.8. The van der Waals surface area contributed by atoms with Gasteiger partial charge in [0, 0.05) is 6.42 Å². The van der Waals surface area contributed by atoms with Gasteiger partial charge in [0.05, 0.1) is 26.3 Å². The Balaban J connectivity index is 0.00000121. The summed E-state index contributed by atoms with van der Waals surface area (Å²) in [5.41, 5.74) is 0. The van der Waals surface area contributed by atoms with E-state index in [1.807, 2.05) is 0 Å². The lowest BCUT2D eigenvalue weighted by Crippen LogP contribution is -2.37. The largest absolute Gasteiger partial charge is 0.379 e. The number of hydroxylamine groups is 2. The number of carbonyl (C=O) groups excluding carboxylic acids is 1. The van der Waals surface area contributed by atoms with E-state index in [1.54, 1.807) is 12.0 Å². The second kappa shape index (κ2) is 6.22. The fraction of sp³-hybridized carbons (Fsp3) is 0.857. The van der Waals surface area contributed by atoms with Gasteiger partial charge in [-0.1, -0.05) is 6.92 Å². The van der Waals surface area contributed by atoms with Crippen molar-refractivity contribution in [3.05, 3.63) is 0 Å². The van der Waals surface area contributed by atoms with Crippen molar-refractivity contribution in [3.63, 3.8) is 0 Å². The molecule has 1 rings (SSSR count). The molecule has 0 aromatic heterocycles. The number of hydrogen-bond donors (Lipinski definition) is 0. The average Bonchev–Trinajstić information content (AvgIpc) is 2.06. The van der Waals surface area contributed by atoms with Crippen molar-refractivity contribution in [2.45, 2.75) is 13.3 Å². The lowest BCUT2D eigenvalue weighted by atomic mass is 10.5. The summed E-state index contributed by atoms with van der Waals surface area (Å²) in [5, 5.41) is 1.65. The summed E-state index contributed by atoms with van der Waals surface area (Å²) in [6.07, 6.45) is 0.428. The Morgan fingerprint density at radius 3 is 2.58 bits per heavy atom. The molecular weight excluding hydrogens is 182 g/mol. The molecule has 12 heavy (non-hydrogen) atoms. The number of ether oxygens (including phenoxy) is 1. The monoisotopic (exact) mass is 195 g/mol. The summed E-state index contributed by atoms with van der Waals surface area (Å²) in [6, 6.07) is 0. The zero-order valence-electron chi connectivity index (χ0n) is 7.12. The van der Waals surface area contributed by atoms with Gasteiger partial charge >= 0.3 is 5.97 Å². The summed E-state index contributed by atoms with van der Waals surface area (Å²) < 4.78 is 5.08. The van der Waals surface area contributed by atoms with Crippen molar-refractivity contribution in [1.82, 2.24) is 5.06 Å². The molecule has 1 fully saturated rings. The summed E-state index contributed by atoms with van der Waals surface area (Å²) in [5.74, 6) is -0.174. The highest BCUT2D eigenvalue weighted by molar-refractivity contribution is 5.85. The highest BCUT2D eigenvalue weighted by Crippen LogP contribution is 1.98. The van der Waals surface area contributed by atoms with Crippen molar-refractivity contribution in [1.29, 1.82) is 0 Å². The van der Waals surface area contributed by atoms with Crippen molar-refractivity contribution >= 4 is 18.4 Å². The third kappa shape index (κ3) is 3.90. The summed E-state index contributed by atoms with van der Waals surface area (Å²) in [6.45, 7) is 4.45. The van der Waals surface area contributed by atoms with Crippen LogP contribution in [0, 0.1) is 0 Å². The van der Waals surface area contributed by atoms with E-state index in [2.05, 4.69) is 0 Å². The fourth-order valence-electron chi connectivity index (χ4n) is 0.846. The molecule has 0 unspecified atom stereocenters. The molecule has 0 bridgehead atoms. The minimum Gasteiger partial charge on any atom is -0.379 e. The molecule has 0 atom stereocenters. The molecule has 0 N–H and O–H groups in total. The van der Waals surface area contributed by atoms with E-state index in [4.69, 9.17) is 9.57 Å². The van der Waals surface area contributed by atoms with E-state index in [-0.39, 0.29) is 18.4 Å². The van der Waals surface area contributed by atoms with Crippen LogP contribution in [-0.2, 0) is 14.4 Å². The van der Waals surface area contributed by atoms with Crippen LogP contribution in [0.2, 0.25) is 0 Å². The third-order valence-corrected chi connectivity index (χ3v) is 1.49. The van der Waals surface area contributed by atoms with E-state index in [1.165, 1.54) is 0 Å². The third-order valence-electron chi connectivity index (χ3n) is 1.49. The SMILES string of the molecule is CCC(=O)ON1CCOCC1.Cl. The Morgan fingerprint density at radius 1 is 1.50 bits per heavy atom. The Kier molecular flexibility index (Phi) is 6.06. The highest BCUT2D eigenvalue weighted by Gasteiger charge is 2.13. The molecule has 1 heterocycles. The fourth-order valence-corrected chi connectivity index (χ4v) is 0.846. The number of carbonyl (C=O) groups is 1. The highest BCUT2D eigenvalue weighted by atomic mass is 35.5. The normalized spacial score (nSPS) is 18.1. The van der Waals surface area contributed by atoms with E-state index in [0.717, 1.165) is 0 Å². The van der Waals surface area contributed by atoms with Crippen LogP contribution in [0.5, 0.6) is 0 Å². The van der Waals surface area contributed by atoms with Gasteiger partial charge in [-0.05, 0) is 0 Å². The number of hydrogen-bond acceptors (Lipinski definition) is 4. The average molecular weight is 196 g/mol. The summed E-state index contributed by atoms with van der Waals surface area (Å²) in [7, 11) is 0. The second-order valence-electron chi connectivity index (χ2n) is 2.36. The quantitative estimate of drug-likeness (QED) is 0.647. The van der Waals surface area contributed by atoms with Crippen LogP contribution in [0.25, 0.3) is 0 Å². The number of morpholine rings is 1. The Hall–Kier alpha value is -0.320. The lowest BCUT2D eigenvalue weighted by molar-refractivity contribution is -0.204. The Bertz CT molecular complexity index is 137. The number of nitrogens with zero attached hydrogens (tertiary/aromatic N) is 1. The van der Waals surface area contributed by atoms with Crippen molar-refractivity contribution < 1.29 is 14.4 Å². The van der Waals surface area contributed by atoms with Crippen LogP contribution < -0.4 is 0 Å². The summed E-state index contributed by atoms with van der Waals surface area (Å²) in [4.78, 5) is 15.7. The lowest BCUT2D eigenvalue weighted by Gasteiger charge is -2.24. The maximum Gasteiger partial charge on any atom is 0.324 e. The molecule has 0 saturated carbocycles. The molecule has 5 heteroatoms. The first-order chi connectivity index (χ1) is 5.33. The molecule has 0 aliphatic carbocycles. The molecule has 0 aromatic rings. The molecule has 72 valence electrons. The molecular formula is C7H14ClNO3. The predicted molar refractivity (Wildman–Crippen MR) is 46.0 cm³/mol. The van der Waals surface area contributed by atoms with Crippen LogP contribution in [0.3, 0.4) is 0 Å². The first kappa shape index (κ1) is 11.7. The molecule has 1 aliphatic heterocycles. The van der Waals surface area contributed by atoms with Gasteiger partial charge in [-0.15, -0.1) is 17.5 Å². The zero-order valence-corrected chi connectivity index (χ0v) is 7.93. The van der Waals surface area contributed by atoms with Crippen LogP contribution in [0.1, 0.15) is 13.3 Å². The van der Waals surface area contributed by atoms with Gasteiger partial charge in [0.2, 0.25) is 0 Å². The van der Waals surface area contributed by atoms with Gasteiger partial charge < -0.3 is 9.57 Å².